The van der Waals surface area contributed by atoms with E-state index < -0.39 is 5.82 Å². The lowest BCUT2D eigenvalue weighted by atomic mass is 10.1. The molecule has 0 spiro atoms. The van der Waals surface area contributed by atoms with Crippen LogP contribution in [0.25, 0.3) is 6.08 Å². The molecule has 3 aromatic rings. The van der Waals surface area contributed by atoms with E-state index in [1.165, 1.54) is 12.1 Å². The van der Waals surface area contributed by atoms with E-state index in [9.17, 15) is 9.18 Å². The Hall–Kier alpha value is -3.18. The van der Waals surface area contributed by atoms with Gasteiger partial charge in [-0.05, 0) is 42.0 Å². The normalized spacial score (nSPS) is 14.1. The van der Waals surface area contributed by atoms with Crippen molar-refractivity contribution in [3.05, 3.63) is 94.2 Å². The van der Waals surface area contributed by atoms with Gasteiger partial charge in [0.05, 0.1) is 10.6 Å². The van der Waals surface area contributed by atoms with Crippen molar-refractivity contribution in [2.45, 2.75) is 6.61 Å². The lowest BCUT2D eigenvalue weighted by molar-refractivity contribution is 0.101. The van der Waals surface area contributed by atoms with Gasteiger partial charge in [-0.25, -0.2) is 4.39 Å². The predicted octanol–water partition coefficient (Wildman–Crippen LogP) is 5.07. The fourth-order valence-corrected chi connectivity index (χ4v) is 2.91. The molecule has 1 aliphatic heterocycles. The molecule has 4 rings (SSSR count). The van der Waals surface area contributed by atoms with Gasteiger partial charge in [0.1, 0.15) is 23.9 Å². The second-order valence-corrected chi connectivity index (χ2v) is 6.28. The zero-order valence-electron chi connectivity index (χ0n) is 14.0. The summed E-state index contributed by atoms with van der Waals surface area (Å²) in [5.41, 5.74) is 1.48. The summed E-state index contributed by atoms with van der Waals surface area (Å²) in [5, 5.41) is 0.296. The van der Waals surface area contributed by atoms with Crippen molar-refractivity contribution in [1.29, 1.82) is 0 Å². The van der Waals surface area contributed by atoms with Crippen molar-refractivity contribution in [3.63, 3.8) is 0 Å². The summed E-state index contributed by atoms with van der Waals surface area (Å²) in [6.07, 6.45) is 4.92. The highest BCUT2D eigenvalue weighted by Crippen LogP contribution is 2.35. The van der Waals surface area contributed by atoms with E-state index in [1.54, 1.807) is 48.8 Å². The van der Waals surface area contributed by atoms with Gasteiger partial charge in [0.25, 0.3) is 0 Å². The van der Waals surface area contributed by atoms with Crippen molar-refractivity contribution in [2.75, 3.05) is 0 Å². The molecule has 0 aliphatic carbocycles. The molecule has 0 saturated heterocycles. The highest BCUT2D eigenvalue weighted by atomic mass is 35.5. The Kier molecular flexibility index (Phi) is 4.60. The highest BCUT2D eigenvalue weighted by Gasteiger charge is 2.27. The van der Waals surface area contributed by atoms with Gasteiger partial charge < -0.3 is 9.47 Å². The number of pyridine rings is 1. The van der Waals surface area contributed by atoms with Crippen molar-refractivity contribution in [1.82, 2.24) is 4.98 Å². The number of nitrogens with zero attached hydrogens (tertiary/aromatic N) is 1. The third-order valence-electron chi connectivity index (χ3n) is 4.07. The fraction of sp³-hybridized carbons (Fsp3) is 0.0476. The first-order valence-corrected chi connectivity index (χ1v) is 8.53. The van der Waals surface area contributed by atoms with Crippen LogP contribution in [0.3, 0.4) is 0 Å². The standard InChI is InChI=1S/C21H13ClFNO3/c22-17-4-1-5-18(23)16(17)12-26-14-6-7-15-19(10-14)27-20(21(15)25)9-13-3-2-8-24-11-13/h1-11H,12H2. The van der Waals surface area contributed by atoms with Gasteiger partial charge in [0.15, 0.2) is 5.76 Å². The Bertz CT molecular complexity index is 1030. The highest BCUT2D eigenvalue weighted by molar-refractivity contribution is 6.31. The molecule has 4 nitrogen and oxygen atoms in total. The second-order valence-electron chi connectivity index (χ2n) is 5.87. The molecule has 0 unspecified atom stereocenters. The molecule has 0 N–H and O–H groups in total. The van der Waals surface area contributed by atoms with Crippen LogP contribution < -0.4 is 9.47 Å². The number of Topliss-reactive ketones (excluding diaryl/α,β-unsaturated/α-hetero) is 1. The second kappa shape index (κ2) is 7.21. The molecule has 1 aliphatic rings. The number of hydrogen-bond donors (Lipinski definition) is 0. The molecule has 0 amide bonds. The summed E-state index contributed by atoms with van der Waals surface area (Å²) in [7, 11) is 0. The molecule has 27 heavy (non-hydrogen) atoms. The number of ether oxygens (including phenoxy) is 2. The van der Waals surface area contributed by atoms with Crippen LogP contribution >= 0.6 is 11.6 Å². The third-order valence-corrected chi connectivity index (χ3v) is 4.42. The van der Waals surface area contributed by atoms with Gasteiger partial charge in [0.2, 0.25) is 5.78 Å². The largest absolute Gasteiger partial charge is 0.489 e. The lowest BCUT2D eigenvalue weighted by Crippen LogP contribution is -1.99. The number of aromatic nitrogens is 1. The van der Waals surface area contributed by atoms with Gasteiger partial charge in [-0.2, -0.15) is 0 Å². The molecule has 0 radical (unpaired) electrons. The summed E-state index contributed by atoms with van der Waals surface area (Å²) >= 11 is 6.00. The number of ketones is 1. The van der Waals surface area contributed by atoms with Crippen LogP contribution in [0.2, 0.25) is 5.02 Å². The summed E-state index contributed by atoms with van der Waals surface area (Å²) in [6, 6.07) is 12.9. The van der Waals surface area contributed by atoms with Crippen LogP contribution in [-0.4, -0.2) is 10.8 Å². The third kappa shape index (κ3) is 3.55. The van der Waals surface area contributed by atoms with E-state index in [0.717, 1.165) is 5.56 Å². The Morgan fingerprint density at radius 2 is 2.07 bits per heavy atom. The van der Waals surface area contributed by atoms with Crippen LogP contribution in [-0.2, 0) is 6.61 Å². The Morgan fingerprint density at radius 3 is 2.85 bits per heavy atom. The minimum Gasteiger partial charge on any atom is -0.489 e. The Morgan fingerprint density at radius 1 is 1.19 bits per heavy atom. The van der Waals surface area contributed by atoms with E-state index in [0.29, 0.717) is 22.1 Å². The molecular formula is C21H13ClFNO3. The molecule has 6 heteroatoms. The number of hydrogen-bond acceptors (Lipinski definition) is 4. The molecule has 2 aromatic carbocycles. The van der Waals surface area contributed by atoms with Gasteiger partial charge in [-0.1, -0.05) is 23.7 Å². The summed E-state index contributed by atoms with van der Waals surface area (Å²) in [6.45, 7) is -0.0311. The maximum atomic E-state index is 13.8. The Labute approximate surface area is 159 Å². The molecular weight excluding hydrogens is 369 g/mol. The van der Waals surface area contributed by atoms with Gasteiger partial charge in [0, 0.05) is 24.0 Å². The van der Waals surface area contributed by atoms with E-state index in [4.69, 9.17) is 21.1 Å². The SMILES string of the molecule is O=C1C(=Cc2cccnc2)Oc2cc(OCc3c(F)cccc3Cl)ccc21. The zero-order chi connectivity index (χ0) is 18.8. The predicted molar refractivity (Wildman–Crippen MR) is 99.4 cm³/mol. The van der Waals surface area contributed by atoms with Crippen molar-refractivity contribution < 1.29 is 18.7 Å². The first-order chi connectivity index (χ1) is 13.1. The minimum atomic E-state index is -0.434. The number of rotatable bonds is 4. The Balaban J connectivity index is 1.54. The molecule has 0 fully saturated rings. The smallest absolute Gasteiger partial charge is 0.231 e. The van der Waals surface area contributed by atoms with E-state index in [1.807, 2.05) is 6.07 Å². The van der Waals surface area contributed by atoms with Crippen LogP contribution in [0.5, 0.6) is 11.5 Å². The average Bonchev–Trinajstić information content (AvgIpc) is 2.97. The first kappa shape index (κ1) is 17.2. The minimum absolute atomic E-state index is 0.0311. The topological polar surface area (TPSA) is 48.4 Å². The molecule has 0 bridgehead atoms. The lowest BCUT2D eigenvalue weighted by Gasteiger charge is -2.09. The van der Waals surface area contributed by atoms with E-state index >= 15 is 0 Å². The number of carbonyl (C=O) groups excluding carboxylic acids is 1. The quantitative estimate of drug-likeness (QED) is 0.592. The zero-order valence-corrected chi connectivity index (χ0v) is 14.7. The monoisotopic (exact) mass is 381 g/mol. The van der Waals surface area contributed by atoms with Crippen LogP contribution in [0.4, 0.5) is 4.39 Å². The summed E-state index contributed by atoms with van der Waals surface area (Å²) in [4.78, 5) is 16.5. The van der Waals surface area contributed by atoms with E-state index in [2.05, 4.69) is 4.98 Å². The number of fused-ring (bicyclic) bond motifs is 1. The maximum Gasteiger partial charge on any atom is 0.231 e. The van der Waals surface area contributed by atoms with Gasteiger partial charge in [-0.3, -0.25) is 9.78 Å². The van der Waals surface area contributed by atoms with Crippen LogP contribution in [0.15, 0.2) is 66.7 Å². The number of halogens is 2. The summed E-state index contributed by atoms with van der Waals surface area (Å²) in [5.74, 6) is 0.414. The number of benzene rings is 2. The van der Waals surface area contributed by atoms with Crippen LogP contribution in [0, 0.1) is 5.82 Å². The molecule has 0 atom stereocenters. The van der Waals surface area contributed by atoms with Crippen LogP contribution in [0.1, 0.15) is 21.5 Å². The van der Waals surface area contributed by atoms with E-state index in [-0.39, 0.29) is 23.7 Å². The van der Waals surface area contributed by atoms with Crippen molar-refractivity contribution in [2.24, 2.45) is 0 Å². The molecule has 2 heterocycles. The van der Waals surface area contributed by atoms with Crippen molar-refractivity contribution >= 4 is 23.5 Å². The average molecular weight is 382 g/mol. The van der Waals surface area contributed by atoms with Crippen molar-refractivity contribution in [3.8, 4) is 11.5 Å². The van der Waals surface area contributed by atoms with Gasteiger partial charge >= 0.3 is 0 Å². The first-order valence-electron chi connectivity index (χ1n) is 8.16. The number of carbonyl (C=O) groups is 1. The van der Waals surface area contributed by atoms with Gasteiger partial charge in [-0.15, -0.1) is 0 Å². The summed E-state index contributed by atoms with van der Waals surface area (Å²) < 4.78 is 25.1. The fourth-order valence-electron chi connectivity index (χ4n) is 2.70. The maximum absolute atomic E-state index is 13.8. The number of allylic oxidation sites excluding steroid dienone is 1. The molecule has 134 valence electrons. The molecule has 1 aromatic heterocycles. The molecule has 0 saturated carbocycles.